The van der Waals surface area contributed by atoms with Crippen molar-refractivity contribution in [1.29, 1.82) is 0 Å². The lowest BCUT2D eigenvalue weighted by molar-refractivity contribution is -0.119. The van der Waals surface area contributed by atoms with Crippen molar-refractivity contribution in [1.82, 2.24) is 5.32 Å². The maximum Gasteiger partial charge on any atom is 0.336 e. The van der Waals surface area contributed by atoms with Crippen LogP contribution in [0.2, 0.25) is 0 Å². The molecule has 1 aromatic heterocycles. The van der Waals surface area contributed by atoms with E-state index in [-0.39, 0.29) is 23.5 Å². The van der Waals surface area contributed by atoms with E-state index < -0.39 is 5.63 Å². The normalized spacial score (nSPS) is 12.1. The van der Waals surface area contributed by atoms with Crippen LogP contribution in [0.1, 0.15) is 24.1 Å². The van der Waals surface area contributed by atoms with Crippen LogP contribution in [0.15, 0.2) is 62.2 Å². The molecular formula is C20H17BrFNO3S. The van der Waals surface area contributed by atoms with Crippen LogP contribution in [0, 0.1) is 5.82 Å². The van der Waals surface area contributed by atoms with Crippen molar-refractivity contribution in [3.05, 3.63) is 80.4 Å². The van der Waals surface area contributed by atoms with Crippen LogP contribution in [0.25, 0.3) is 11.0 Å². The third kappa shape index (κ3) is 5.20. The zero-order valence-electron chi connectivity index (χ0n) is 14.5. The van der Waals surface area contributed by atoms with Gasteiger partial charge in [0.1, 0.15) is 11.4 Å². The highest BCUT2D eigenvalue weighted by Crippen LogP contribution is 2.24. The van der Waals surface area contributed by atoms with Crippen LogP contribution in [-0.4, -0.2) is 11.7 Å². The number of halogens is 2. The van der Waals surface area contributed by atoms with E-state index in [9.17, 15) is 14.0 Å². The second-order valence-corrected chi connectivity index (χ2v) is 7.97. The van der Waals surface area contributed by atoms with Crippen LogP contribution in [0.3, 0.4) is 0 Å². The molecule has 0 bridgehead atoms. The van der Waals surface area contributed by atoms with Gasteiger partial charge in [0.25, 0.3) is 0 Å². The number of thioether (sulfide) groups is 1. The van der Waals surface area contributed by atoms with Gasteiger partial charge >= 0.3 is 5.63 Å². The molecular weight excluding hydrogens is 433 g/mol. The molecule has 3 aromatic rings. The quantitative estimate of drug-likeness (QED) is 0.548. The number of hydrogen-bond donors (Lipinski definition) is 1. The van der Waals surface area contributed by atoms with Gasteiger partial charge in [-0.15, -0.1) is 11.8 Å². The predicted octanol–water partition coefficient (Wildman–Crippen LogP) is 4.81. The zero-order valence-corrected chi connectivity index (χ0v) is 16.9. The van der Waals surface area contributed by atoms with Crippen molar-refractivity contribution in [2.24, 2.45) is 0 Å². The molecule has 0 fully saturated rings. The standard InChI is InChI=1S/C20H17BrFNO3S/c1-12(13-2-5-16(22)6-3-13)23-19(24)11-27-10-14-8-20(25)26-18-9-15(21)4-7-17(14)18/h2-9,12H,10-11H2,1H3,(H,23,24). The number of benzene rings is 2. The van der Waals surface area contributed by atoms with Gasteiger partial charge in [-0.3, -0.25) is 4.79 Å². The average Bonchev–Trinajstić information content (AvgIpc) is 2.61. The number of amides is 1. The van der Waals surface area contributed by atoms with Crippen LogP contribution >= 0.6 is 27.7 Å². The molecule has 1 N–H and O–H groups in total. The minimum Gasteiger partial charge on any atom is -0.423 e. The molecule has 4 nitrogen and oxygen atoms in total. The molecule has 1 unspecified atom stereocenters. The molecule has 0 aliphatic rings. The van der Waals surface area contributed by atoms with E-state index in [1.165, 1.54) is 30.0 Å². The third-order valence-corrected chi connectivity index (χ3v) is 5.51. The van der Waals surface area contributed by atoms with E-state index in [0.717, 1.165) is 21.0 Å². The van der Waals surface area contributed by atoms with Crippen molar-refractivity contribution < 1.29 is 13.6 Å². The van der Waals surface area contributed by atoms with Gasteiger partial charge in [0.2, 0.25) is 5.91 Å². The summed E-state index contributed by atoms with van der Waals surface area (Å²) in [5.74, 6) is 0.345. The lowest BCUT2D eigenvalue weighted by Crippen LogP contribution is -2.28. The first-order chi connectivity index (χ1) is 12.9. The van der Waals surface area contributed by atoms with E-state index in [1.54, 1.807) is 18.2 Å². The topological polar surface area (TPSA) is 59.3 Å². The Labute approximate surface area is 168 Å². The SMILES string of the molecule is CC(NC(=O)CSCc1cc(=O)oc2cc(Br)ccc12)c1ccc(F)cc1. The first kappa shape index (κ1) is 19.6. The van der Waals surface area contributed by atoms with Gasteiger partial charge in [-0.2, -0.15) is 0 Å². The summed E-state index contributed by atoms with van der Waals surface area (Å²) < 4.78 is 19.0. The van der Waals surface area contributed by atoms with Crippen LogP contribution in [-0.2, 0) is 10.5 Å². The summed E-state index contributed by atoms with van der Waals surface area (Å²) in [6.45, 7) is 1.85. The molecule has 27 heavy (non-hydrogen) atoms. The molecule has 0 aliphatic heterocycles. The van der Waals surface area contributed by atoms with E-state index in [1.807, 2.05) is 19.1 Å². The lowest BCUT2D eigenvalue weighted by Gasteiger charge is -2.14. The number of fused-ring (bicyclic) bond motifs is 1. The Morgan fingerprint density at radius 1 is 1.22 bits per heavy atom. The molecule has 1 amide bonds. The van der Waals surface area contributed by atoms with Gasteiger partial charge < -0.3 is 9.73 Å². The van der Waals surface area contributed by atoms with E-state index >= 15 is 0 Å². The molecule has 3 rings (SSSR count). The molecule has 0 radical (unpaired) electrons. The fraction of sp³-hybridized carbons (Fsp3) is 0.200. The van der Waals surface area contributed by atoms with Crippen LogP contribution in [0.4, 0.5) is 4.39 Å². The van der Waals surface area contributed by atoms with E-state index in [4.69, 9.17) is 4.42 Å². The number of nitrogens with one attached hydrogen (secondary N) is 1. The Kier molecular flexibility index (Phi) is 6.34. The monoisotopic (exact) mass is 449 g/mol. The van der Waals surface area contributed by atoms with Crippen LogP contribution in [0.5, 0.6) is 0 Å². The molecule has 140 valence electrons. The summed E-state index contributed by atoms with van der Waals surface area (Å²) in [4.78, 5) is 23.9. The Morgan fingerprint density at radius 2 is 1.96 bits per heavy atom. The molecule has 1 atom stereocenters. The number of hydrogen-bond acceptors (Lipinski definition) is 4. The largest absolute Gasteiger partial charge is 0.423 e. The Morgan fingerprint density at radius 3 is 2.70 bits per heavy atom. The smallest absolute Gasteiger partial charge is 0.336 e. The molecule has 1 heterocycles. The predicted molar refractivity (Wildman–Crippen MR) is 109 cm³/mol. The van der Waals surface area contributed by atoms with Gasteiger partial charge in [0, 0.05) is 21.7 Å². The van der Waals surface area contributed by atoms with Gasteiger partial charge in [0.05, 0.1) is 11.8 Å². The number of rotatable bonds is 6. The van der Waals surface area contributed by atoms with Crippen molar-refractivity contribution in [3.63, 3.8) is 0 Å². The summed E-state index contributed by atoms with van der Waals surface area (Å²) in [5, 5.41) is 3.74. The third-order valence-electron chi connectivity index (χ3n) is 4.03. The van der Waals surface area contributed by atoms with Crippen molar-refractivity contribution >= 4 is 44.6 Å². The Hall–Kier alpha value is -2.12. The van der Waals surface area contributed by atoms with Crippen molar-refractivity contribution in [3.8, 4) is 0 Å². The van der Waals surface area contributed by atoms with Gasteiger partial charge in [-0.05, 0) is 48.4 Å². The second-order valence-electron chi connectivity index (χ2n) is 6.06. The maximum atomic E-state index is 13.0. The van der Waals surface area contributed by atoms with E-state index in [0.29, 0.717) is 11.3 Å². The summed E-state index contributed by atoms with van der Waals surface area (Å²) in [6, 6.07) is 12.8. The maximum absolute atomic E-state index is 13.0. The molecule has 0 spiro atoms. The number of carbonyl (C=O) groups is 1. The summed E-state index contributed by atoms with van der Waals surface area (Å²) >= 11 is 4.78. The Balaban J connectivity index is 1.59. The molecule has 0 aliphatic carbocycles. The summed E-state index contributed by atoms with van der Waals surface area (Å²) in [5.41, 5.74) is 1.78. The minimum absolute atomic E-state index is 0.119. The average molecular weight is 450 g/mol. The molecule has 0 saturated carbocycles. The highest BCUT2D eigenvalue weighted by atomic mass is 79.9. The second kappa shape index (κ2) is 8.71. The van der Waals surface area contributed by atoms with Gasteiger partial charge in [-0.25, -0.2) is 9.18 Å². The fourth-order valence-electron chi connectivity index (χ4n) is 2.69. The van der Waals surface area contributed by atoms with Gasteiger partial charge in [0.15, 0.2) is 0 Å². The summed E-state index contributed by atoms with van der Waals surface area (Å²) in [6.07, 6.45) is 0. The van der Waals surface area contributed by atoms with Crippen molar-refractivity contribution in [2.75, 3.05) is 5.75 Å². The highest BCUT2D eigenvalue weighted by Gasteiger charge is 2.11. The Bertz CT molecular complexity index is 1020. The fourth-order valence-corrected chi connectivity index (χ4v) is 3.86. The molecule has 0 saturated heterocycles. The molecule has 7 heteroatoms. The van der Waals surface area contributed by atoms with Crippen LogP contribution < -0.4 is 10.9 Å². The van der Waals surface area contributed by atoms with E-state index in [2.05, 4.69) is 21.2 Å². The molecule has 2 aromatic carbocycles. The van der Waals surface area contributed by atoms with Crippen molar-refractivity contribution in [2.45, 2.75) is 18.7 Å². The van der Waals surface area contributed by atoms with Gasteiger partial charge in [-0.1, -0.05) is 28.1 Å². The first-order valence-corrected chi connectivity index (χ1v) is 10.2. The number of carbonyl (C=O) groups excluding carboxylic acids is 1. The first-order valence-electron chi connectivity index (χ1n) is 8.27. The lowest BCUT2D eigenvalue weighted by atomic mass is 10.1. The zero-order chi connectivity index (χ0) is 19.4. The highest BCUT2D eigenvalue weighted by molar-refractivity contribution is 9.10. The summed E-state index contributed by atoms with van der Waals surface area (Å²) in [7, 11) is 0. The minimum atomic E-state index is -0.411.